The summed E-state index contributed by atoms with van der Waals surface area (Å²) in [5.41, 5.74) is 2.66. The van der Waals surface area contributed by atoms with Gasteiger partial charge in [-0.05, 0) is 43.7 Å². The lowest BCUT2D eigenvalue weighted by molar-refractivity contribution is 0.0921. The molecule has 2 aromatic carbocycles. The Morgan fingerprint density at radius 1 is 1.05 bits per heavy atom. The Kier molecular flexibility index (Phi) is 4.69. The number of benzene rings is 2. The minimum Gasteiger partial charge on any atom is -0.485 e. The lowest BCUT2D eigenvalue weighted by Crippen LogP contribution is -2.13. The summed E-state index contributed by atoms with van der Waals surface area (Å²) >= 11 is 11.8. The van der Waals surface area contributed by atoms with E-state index in [1.807, 2.05) is 32.0 Å². The molecule has 0 heterocycles. The SMILES string of the molecule is Cc1ccc(C)c(C(=O)COc2cc(Cl)cc(Cl)c2)c1. The Hall–Kier alpha value is -1.51. The molecule has 2 rings (SSSR count). The van der Waals surface area contributed by atoms with Gasteiger partial charge < -0.3 is 4.74 Å². The molecule has 20 heavy (non-hydrogen) atoms. The van der Waals surface area contributed by atoms with Gasteiger partial charge in [-0.1, -0.05) is 40.9 Å². The number of ether oxygens (including phenoxy) is 1. The zero-order chi connectivity index (χ0) is 14.7. The van der Waals surface area contributed by atoms with E-state index < -0.39 is 0 Å². The number of ketones is 1. The van der Waals surface area contributed by atoms with E-state index in [0.717, 1.165) is 11.1 Å². The highest BCUT2D eigenvalue weighted by atomic mass is 35.5. The van der Waals surface area contributed by atoms with Crippen LogP contribution in [0, 0.1) is 13.8 Å². The van der Waals surface area contributed by atoms with E-state index in [-0.39, 0.29) is 12.4 Å². The third-order valence-corrected chi connectivity index (χ3v) is 3.34. The highest BCUT2D eigenvalue weighted by Crippen LogP contribution is 2.24. The van der Waals surface area contributed by atoms with Crippen molar-refractivity contribution in [3.63, 3.8) is 0 Å². The molecule has 0 radical (unpaired) electrons. The number of rotatable bonds is 4. The first-order chi connectivity index (χ1) is 9.45. The molecule has 0 amide bonds. The second kappa shape index (κ2) is 6.29. The predicted molar refractivity (Wildman–Crippen MR) is 82.2 cm³/mol. The molecule has 0 aromatic heterocycles. The van der Waals surface area contributed by atoms with Gasteiger partial charge in [-0.2, -0.15) is 0 Å². The predicted octanol–water partition coefficient (Wildman–Crippen LogP) is 4.87. The normalized spacial score (nSPS) is 10.4. The van der Waals surface area contributed by atoms with Gasteiger partial charge in [0.05, 0.1) is 0 Å². The number of hydrogen-bond donors (Lipinski definition) is 0. The van der Waals surface area contributed by atoms with Gasteiger partial charge in [0.1, 0.15) is 5.75 Å². The van der Waals surface area contributed by atoms with Crippen LogP contribution >= 0.6 is 23.2 Å². The van der Waals surface area contributed by atoms with E-state index in [1.165, 1.54) is 0 Å². The van der Waals surface area contributed by atoms with Gasteiger partial charge in [-0.25, -0.2) is 0 Å². The minimum atomic E-state index is -0.0673. The molecule has 0 fully saturated rings. The van der Waals surface area contributed by atoms with E-state index in [2.05, 4.69) is 0 Å². The number of Topliss-reactive ketones (excluding diaryl/α,β-unsaturated/α-hetero) is 1. The molecule has 0 unspecified atom stereocenters. The van der Waals surface area contributed by atoms with Gasteiger partial charge >= 0.3 is 0 Å². The quantitative estimate of drug-likeness (QED) is 0.753. The van der Waals surface area contributed by atoms with Crippen LogP contribution in [-0.4, -0.2) is 12.4 Å². The Bertz CT molecular complexity index is 631. The summed E-state index contributed by atoms with van der Waals surface area (Å²) in [4.78, 5) is 12.2. The largest absolute Gasteiger partial charge is 0.485 e. The molecule has 0 saturated heterocycles. The van der Waals surface area contributed by atoms with Crippen molar-refractivity contribution in [3.05, 3.63) is 63.1 Å². The minimum absolute atomic E-state index is 0.0407. The fraction of sp³-hybridized carbons (Fsp3) is 0.188. The Labute approximate surface area is 128 Å². The summed E-state index contributed by atoms with van der Waals surface area (Å²) in [5.74, 6) is 0.420. The van der Waals surface area contributed by atoms with Crippen molar-refractivity contribution < 1.29 is 9.53 Å². The van der Waals surface area contributed by atoms with Crippen molar-refractivity contribution in [3.8, 4) is 5.75 Å². The molecule has 0 aliphatic carbocycles. The molecule has 0 saturated carbocycles. The molecule has 2 aromatic rings. The third kappa shape index (κ3) is 3.75. The zero-order valence-electron chi connectivity index (χ0n) is 11.2. The van der Waals surface area contributed by atoms with E-state index in [9.17, 15) is 4.79 Å². The lowest BCUT2D eigenvalue weighted by Gasteiger charge is -2.09. The van der Waals surface area contributed by atoms with E-state index in [4.69, 9.17) is 27.9 Å². The summed E-state index contributed by atoms with van der Waals surface area (Å²) in [6, 6.07) is 10.6. The van der Waals surface area contributed by atoms with Crippen LogP contribution in [0.3, 0.4) is 0 Å². The molecule has 2 nitrogen and oxygen atoms in total. The first-order valence-corrected chi connectivity index (χ1v) is 6.90. The van der Waals surface area contributed by atoms with Crippen molar-refractivity contribution in [2.45, 2.75) is 13.8 Å². The maximum atomic E-state index is 12.2. The molecule has 0 bridgehead atoms. The Balaban J connectivity index is 2.10. The summed E-state index contributed by atoms with van der Waals surface area (Å²) in [7, 11) is 0. The molecule has 4 heteroatoms. The van der Waals surface area contributed by atoms with E-state index in [0.29, 0.717) is 21.4 Å². The Morgan fingerprint density at radius 3 is 2.35 bits per heavy atom. The lowest BCUT2D eigenvalue weighted by atomic mass is 10.0. The van der Waals surface area contributed by atoms with Crippen molar-refractivity contribution in [1.82, 2.24) is 0 Å². The molecule has 0 spiro atoms. The second-order valence-electron chi connectivity index (χ2n) is 4.64. The van der Waals surface area contributed by atoms with Crippen LogP contribution in [0.4, 0.5) is 0 Å². The number of aryl methyl sites for hydroxylation is 2. The average Bonchev–Trinajstić information content (AvgIpc) is 2.38. The van der Waals surface area contributed by atoms with Crippen LogP contribution < -0.4 is 4.74 Å². The molecular weight excluding hydrogens is 295 g/mol. The summed E-state index contributed by atoms with van der Waals surface area (Å²) in [6.07, 6.45) is 0. The average molecular weight is 309 g/mol. The molecule has 0 aliphatic rings. The second-order valence-corrected chi connectivity index (χ2v) is 5.51. The van der Waals surface area contributed by atoms with Gasteiger partial charge in [0.2, 0.25) is 0 Å². The van der Waals surface area contributed by atoms with Crippen LogP contribution in [0.25, 0.3) is 0 Å². The van der Waals surface area contributed by atoms with Gasteiger partial charge in [0.25, 0.3) is 0 Å². The first kappa shape index (κ1) is 14.9. The summed E-state index contributed by atoms with van der Waals surface area (Å²) in [6.45, 7) is 3.82. The van der Waals surface area contributed by atoms with Crippen molar-refractivity contribution in [2.24, 2.45) is 0 Å². The number of halogens is 2. The smallest absolute Gasteiger partial charge is 0.200 e. The van der Waals surface area contributed by atoms with Crippen LogP contribution in [0.15, 0.2) is 36.4 Å². The topological polar surface area (TPSA) is 26.3 Å². The third-order valence-electron chi connectivity index (χ3n) is 2.90. The zero-order valence-corrected chi connectivity index (χ0v) is 12.8. The molecule has 0 atom stereocenters. The number of hydrogen-bond acceptors (Lipinski definition) is 2. The number of carbonyl (C=O) groups excluding carboxylic acids is 1. The fourth-order valence-electron chi connectivity index (χ4n) is 1.87. The molecular formula is C16H14Cl2O2. The standard InChI is InChI=1S/C16H14Cl2O2/c1-10-3-4-11(2)15(5-10)16(19)9-20-14-7-12(17)6-13(18)8-14/h3-8H,9H2,1-2H3. The van der Waals surface area contributed by atoms with Gasteiger partial charge in [0, 0.05) is 15.6 Å². The van der Waals surface area contributed by atoms with Crippen molar-refractivity contribution >= 4 is 29.0 Å². The van der Waals surface area contributed by atoms with Gasteiger partial charge in [-0.3, -0.25) is 4.79 Å². The summed E-state index contributed by atoms with van der Waals surface area (Å²) < 4.78 is 5.46. The van der Waals surface area contributed by atoms with Gasteiger partial charge in [-0.15, -0.1) is 0 Å². The van der Waals surface area contributed by atoms with Gasteiger partial charge in [0.15, 0.2) is 12.4 Å². The first-order valence-electron chi connectivity index (χ1n) is 6.15. The van der Waals surface area contributed by atoms with Crippen molar-refractivity contribution in [1.29, 1.82) is 0 Å². The van der Waals surface area contributed by atoms with E-state index in [1.54, 1.807) is 18.2 Å². The maximum absolute atomic E-state index is 12.2. The highest BCUT2D eigenvalue weighted by molar-refractivity contribution is 6.34. The maximum Gasteiger partial charge on any atom is 0.200 e. The summed E-state index contributed by atoms with van der Waals surface area (Å²) in [5, 5.41) is 0.957. The van der Waals surface area contributed by atoms with E-state index >= 15 is 0 Å². The van der Waals surface area contributed by atoms with Crippen LogP contribution in [0.5, 0.6) is 5.75 Å². The molecule has 0 N–H and O–H groups in total. The fourth-order valence-corrected chi connectivity index (χ4v) is 2.38. The van der Waals surface area contributed by atoms with Crippen molar-refractivity contribution in [2.75, 3.05) is 6.61 Å². The number of carbonyl (C=O) groups is 1. The molecule has 104 valence electrons. The Morgan fingerprint density at radius 2 is 1.70 bits per heavy atom. The highest BCUT2D eigenvalue weighted by Gasteiger charge is 2.10. The molecule has 0 aliphatic heterocycles. The van der Waals surface area contributed by atoms with Crippen LogP contribution in [-0.2, 0) is 0 Å². The monoisotopic (exact) mass is 308 g/mol. The van der Waals surface area contributed by atoms with Crippen LogP contribution in [0.1, 0.15) is 21.5 Å². The van der Waals surface area contributed by atoms with Crippen LogP contribution in [0.2, 0.25) is 10.0 Å².